The normalized spacial score (nSPS) is 18.6. The van der Waals surface area contributed by atoms with Crippen LogP contribution in [0.25, 0.3) is 0 Å². The molecule has 1 fully saturated rings. The minimum Gasteiger partial charge on any atom is -0.404 e. The van der Waals surface area contributed by atoms with Crippen LogP contribution in [0.3, 0.4) is 0 Å². The van der Waals surface area contributed by atoms with E-state index in [-0.39, 0.29) is 12.2 Å². The maximum Gasteiger partial charge on any atom is 0.433 e. The lowest BCUT2D eigenvalue weighted by Crippen LogP contribution is -2.45. The van der Waals surface area contributed by atoms with E-state index in [1.165, 1.54) is 12.1 Å². The number of alkyl halides is 3. The Morgan fingerprint density at radius 3 is 2.57 bits per heavy atom. The smallest absolute Gasteiger partial charge is 0.404 e. The van der Waals surface area contributed by atoms with Crippen molar-refractivity contribution in [3.63, 3.8) is 0 Å². The number of piperazine rings is 1. The Bertz CT molecular complexity index is 484. The highest BCUT2D eigenvalue weighted by Crippen LogP contribution is 2.33. The summed E-state index contributed by atoms with van der Waals surface area (Å²) in [6.45, 7) is 2.50. The Morgan fingerprint density at radius 1 is 1.38 bits per heavy atom. The van der Waals surface area contributed by atoms with Crippen LogP contribution in [0.15, 0.2) is 16.5 Å². The Kier molecular flexibility index (Phi) is 4.84. The van der Waals surface area contributed by atoms with E-state index in [1.54, 1.807) is 0 Å². The summed E-state index contributed by atoms with van der Waals surface area (Å²) in [6, 6.07) is 1.97. The molecule has 21 heavy (non-hydrogen) atoms. The predicted octanol–water partition coefficient (Wildman–Crippen LogP) is 2.48. The summed E-state index contributed by atoms with van der Waals surface area (Å²) in [5.74, 6) is -0.231. The van der Waals surface area contributed by atoms with E-state index in [0.717, 1.165) is 0 Å². The minimum atomic E-state index is -4.26. The summed E-state index contributed by atoms with van der Waals surface area (Å²) in [7, 11) is 0. The van der Waals surface area contributed by atoms with Crippen LogP contribution in [0.1, 0.15) is 24.6 Å². The van der Waals surface area contributed by atoms with Crippen molar-refractivity contribution in [2.24, 2.45) is 0 Å². The van der Waals surface area contributed by atoms with Crippen LogP contribution in [0.4, 0.5) is 19.1 Å². The summed E-state index contributed by atoms with van der Waals surface area (Å²) in [5.41, 5.74) is 0. The topological polar surface area (TPSA) is 71.6 Å². The van der Waals surface area contributed by atoms with Gasteiger partial charge in [0.25, 0.3) is 0 Å². The summed E-state index contributed by atoms with van der Waals surface area (Å²) in [6.07, 6.45) is -5.38. The van der Waals surface area contributed by atoms with Crippen LogP contribution in [0, 0.1) is 10.1 Å². The zero-order valence-electron chi connectivity index (χ0n) is 11.2. The zero-order valence-corrected chi connectivity index (χ0v) is 11.2. The molecule has 0 amide bonds. The second-order valence-corrected chi connectivity index (χ2v) is 4.89. The molecule has 1 aliphatic rings. The fourth-order valence-corrected chi connectivity index (χ4v) is 2.42. The lowest BCUT2D eigenvalue weighted by Gasteiger charge is -2.33. The van der Waals surface area contributed by atoms with Crippen molar-refractivity contribution in [1.82, 2.24) is 10.2 Å². The van der Waals surface area contributed by atoms with Gasteiger partial charge in [-0.1, -0.05) is 0 Å². The van der Waals surface area contributed by atoms with Crippen LogP contribution in [-0.2, 0) is 0 Å². The molecule has 0 radical (unpaired) electrons. The molecule has 0 spiro atoms. The van der Waals surface area contributed by atoms with Gasteiger partial charge in [-0.05, 0) is 12.5 Å². The van der Waals surface area contributed by atoms with E-state index in [9.17, 15) is 23.3 Å². The number of rotatable bonds is 5. The molecule has 118 valence electrons. The first kappa shape index (κ1) is 15.8. The van der Waals surface area contributed by atoms with Crippen molar-refractivity contribution in [1.29, 1.82) is 0 Å². The number of nitrogens with zero attached hydrogens (tertiary/aromatic N) is 2. The first-order chi connectivity index (χ1) is 9.87. The molecule has 0 unspecified atom stereocenters. The van der Waals surface area contributed by atoms with Crippen LogP contribution in [0.5, 0.6) is 0 Å². The number of furan rings is 1. The Hall–Kier alpha value is -1.61. The molecule has 2 rings (SSSR count). The average molecular weight is 307 g/mol. The first-order valence-electron chi connectivity index (χ1n) is 6.62. The molecular formula is C12H16F3N3O3. The largest absolute Gasteiger partial charge is 0.433 e. The summed E-state index contributed by atoms with van der Waals surface area (Å²) >= 11 is 0. The molecule has 0 aromatic carbocycles. The van der Waals surface area contributed by atoms with Gasteiger partial charge >= 0.3 is 12.1 Å². The van der Waals surface area contributed by atoms with E-state index in [2.05, 4.69) is 5.32 Å². The fraction of sp³-hybridized carbons (Fsp3) is 0.667. The number of hydrogen-bond donors (Lipinski definition) is 1. The molecule has 0 aliphatic carbocycles. The lowest BCUT2D eigenvalue weighted by molar-refractivity contribution is -0.402. The van der Waals surface area contributed by atoms with Gasteiger partial charge in [-0.2, -0.15) is 13.2 Å². The molecule has 6 nitrogen and oxygen atoms in total. The van der Waals surface area contributed by atoms with Gasteiger partial charge in [0, 0.05) is 32.6 Å². The van der Waals surface area contributed by atoms with Gasteiger partial charge in [-0.3, -0.25) is 15.0 Å². The SMILES string of the molecule is O=[N+]([O-])c1ccc([C@H](CCC(F)(F)F)N2CCNCC2)o1. The Balaban J connectivity index is 2.14. The molecule has 1 atom stereocenters. The maximum atomic E-state index is 12.5. The van der Waals surface area contributed by atoms with Crippen LogP contribution in [0.2, 0.25) is 0 Å². The van der Waals surface area contributed by atoms with Crippen LogP contribution >= 0.6 is 0 Å². The molecule has 1 saturated heterocycles. The number of halogens is 3. The molecule has 1 aromatic heterocycles. The lowest BCUT2D eigenvalue weighted by atomic mass is 10.1. The number of hydrogen-bond acceptors (Lipinski definition) is 5. The Labute approximate surface area is 119 Å². The highest BCUT2D eigenvalue weighted by Gasteiger charge is 2.33. The van der Waals surface area contributed by atoms with Crippen molar-refractivity contribution in [3.05, 3.63) is 28.0 Å². The predicted molar refractivity (Wildman–Crippen MR) is 67.8 cm³/mol. The summed E-state index contributed by atoms with van der Waals surface area (Å²) in [5, 5.41) is 13.8. The standard InChI is InChI=1S/C12H16F3N3O3/c13-12(14,15)4-3-9(17-7-5-16-6-8-17)10-1-2-11(21-10)18(19)20/h1-2,9,16H,3-8H2/t9-/m0/s1. The molecule has 1 N–H and O–H groups in total. The highest BCUT2D eigenvalue weighted by molar-refractivity contribution is 5.20. The highest BCUT2D eigenvalue weighted by atomic mass is 19.4. The van der Waals surface area contributed by atoms with Gasteiger partial charge in [0.1, 0.15) is 10.7 Å². The van der Waals surface area contributed by atoms with Gasteiger partial charge in [0.15, 0.2) is 0 Å². The third-order valence-electron chi connectivity index (χ3n) is 3.41. The van der Waals surface area contributed by atoms with Gasteiger partial charge in [0.2, 0.25) is 0 Å². The molecule has 0 saturated carbocycles. The Morgan fingerprint density at radius 2 is 2.05 bits per heavy atom. The third-order valence-corrected chi connectivity index (χ3v) is 3.41. The fourth-order valence-electron chi connectivity index (χ4n) is 2.42. The van der Waals surface area contributed by atoms with E-state index >= 15 is 0 Å². The van der Waals surface area contributed by atoms with Gasteiger partial charge < -0.3 is 9.73 Å². The first-order valence-corrected chi connectivity index (χ1v) is 6.62. The quantitative estimate of drug-likeness (QED) is 0.668. The number of nitro groups is 1. The summed E-state index contributed by atoms with van der Waals surface area (Å²) < 4.78 is 42.5. The van der Waals surface area contributed by atoms with Crippen LogP contribution < -0.4 is 5.32 Å². The van der Waals surface area contributed by atoms with Gasteiger partial charge in [0.05, 0.1) is 12.1 Å². The van der Waals surface area contributed by atoms with Crippen LogP contribution in [-0.4, -0.2) is 42.2 Å². The zero-order chi connectivity index (χ0) is 15.5. The molecule has 9 heteroatoms. The number of nitrogens with one attached hydrogen (secondary N) is 1. The van der Waals surface area contributed by atoms with Crippen molar-refractivity contribution >= 4 is 5.88 Å². The van der Waals surface area contributed by atoms with E-state index < -0.39 is 29.4 Å². The molecule has 0 bridgehead atoms. The second kappa shape index (κ2) is 6.44. The second-order valence-electron chi connectivity index (χ2n) is 4.89. The van der Waals surface area contributed by atoms with Crippen molar-refractivity contribution in [2.75, 3.05) is 26.2 Å². The molecular weight excluding hydrogens is 291 g/mol. The average Bonchev–Trinajstić information content (AvgIpc) is 2.89. The van der Waals surface area contributed by atoms with Crippen molar-refractivity contribution in [2.45, 2.75) is 25.1 Å². The minimum absolute atomic E-state index is 0.172. The van der Waals surface area contributed by atoms with E-state index in [4.69, 9.17) is 4.42 Å². The van der Waals surface area contributed by atoms with Crippen molar-refractivity contribution < 1.29 is 22.5 Å². The van der Waals surface area contributed by atoms with Crippen molar-refractivity contribution in [3.8, 4) is 0 Å². The molecule has 2 heterocycles. The molecule has 1 aromatic rings. The van der Waals surface area contributed by atoms with E-state index in [0.29, 0.717) is 26.2 Å². The van der Waals surface area contributed by atoms with E-state index in [1.807, 2.05) is 4.90 Å². The van der Waals surface area contributed by atoms with Gasteiger partial charge in [-0.15, -0.1) is 0 Å². The molecule has 1 aliphatic heterocycles. The summed E-state index contributed by atoms with van der Waals surface area (Å²) in [4.78, 5) is 11.8. The maximum absolute atomic E-state index is 12.5. The monoisotopic (exact) mass is 307 g/mol. The van der Waals surface area contributed by atoms with Gasteiger partial charge in [-0.25, -0.2) is 0 Å². The third kappa shape index (κ3) is 4.43.